The van der Waals surface area contributed by atoms with Crippen molar-refractivity contribution in [2.45, 2.75) is 4.90 Å². The second-order valence-electron chi connectivity index (χ2n) is 6.33. The molecule has 5 aromatic rings. The summed E-state index contributed by atoms with van der Waals surface area (Å²) in [5.74, 6) is 0. The van der Waals surface area contributed by atoms with Gasteiger partial charge in [-0.25, -0.2) is 9.19 Å². The van der Waals surface area contributed by atoms with Crippen LogP contribution in [-0.4, -0.2) is 31.7 Å². The molecule has 4 aromatic carbocycles. The van der Waals surface area contributed by atoms with Gasteiger partial charge in [-0.15, -0.1) is 0 Å². The lowest BCUT2D eigenvalue weighted by atomic mass is 10.1. The maximum atomic E-state index is 11.7. The fourth-order valence-corrected chi connectivity index (χ4v) is 4.41. The van der Waals surface area contributed by atoms with Crippen molar-refractivity contribution in [3.63, 3.8) is 0 Å². The Morgan fingerprint density at radius 1 is 1.07 bits per heavy atom. The van der Waals surface area contributed by atoms with Crippen molar-refractivity contribution in [1.82, 2.24) is 9.97 Å². The van der Waals surface area contributed by atoms with Crippen molar-refractivity contribution >= 4 is 65.0 Å². The highest BCUT2D eigenvalue weighted by atomic mass is 32.2. The summed E-state index contributed by atoms with van der Waals surface area (Å²) in [5, 5.41) is 3.30. The zero-order valence-electron chi connectivity index (χ0n) is 13.9. The van der Waals surface area contributed by atoms with Gasteiger partial charge in [-0.3, -0.25) is 9.11 Å². The van der Waals surface area contributed by atoms with Gasteiger partial charge in [-0.1, -0.05) is 18.2 Å². The molecule has 1 atom stereocenters. The molecule has 0 saturated heterocycles. The number of nitrogens with one attached hydrogen (secondary N) is 1. The summed E-state index contributed by atoms with van der Waals surface area (Å²) in [6.45, 7) is 0. The van der Waals surface area contributed by atoms with Gasteiger partial charge in [0.05, 0.1) is 32.3 Å². The van der Waals surface area contributed by atoms with Crippen molar-refractivity contribution in [2.24, 2.45) is 4.40 Å². The molecule has 1 unspecified atom stereocenters. The van der Waals surface area contributed by atoms with Crippen LogP contribution in [0.15, 0.2) is 57.8 Å². The molecule has 3 N–H and O–H groups in total. The Morgan fingerprint density at radius 2 is 1.89 bits per heavy atom. The molecule has 1 aromatic heterocycles. The molecule has 0 amide bonds. The normalized spacial score (nSPS) is 14.6. The first-order valence-electron chi connectivity index (χ1n) is 8.06. The van der Waals surface area contributed by atoms with E-state index >= 15 is 0 Å². The molecule has 0 aliphatic rings. The van der Waals surface area contributed by atoms with Gasteiger partial charge in [0.25, 0.3) is 21.4 Å². The van der Waals surface area contributed by atoms with Crippen molar-refractivity contribution in [2.75, 3.05) is 0 Å². The number of fused-ring (bicyclic) bond motifs is 4. The zero-order valence-corrected chi connectivity index (χ0v) is 15.6. The van der Waals surface area contributed by atoms with E-state index in [0.717, 1.165) is 10.8 Å². The van der Waals surface area contributed by atoms with Crippen molar-refractivity contribution in [3.8, 4) is 0 Å². The minimum atomic E-state index is -4.37. The number of nitrogens with zero attached hydrogens (tertiary/aromatic N) is 2. The number of aromatic amines is 1. The number of benzene rings is 3. The summed E-state index contributed by atoms with van der Waals surface area (Å²) in [6.07, 6.45) is 0. The molecule has 5 rings (SSSR count). The fourth-order valence-electron chi connectivity index (χ4n) is 3.57. The lowest BCUT2D eigenvalue weighted by Gasteiger charge is -2.02. The number of hydrogen-bond acceptors (Lipinski definition) is 4. The Hall–Kier alpha value is -2.92. The molecule has 0 radical (unpaired) electrons. The molecule has 0 saturated carbocycles. The van der Waals surface area contributed by atoms with Crippen LogP contribution in [0.1, 0.15) is 0 Å². The van der Waals surface area contributed by atoms with Crippen LogP contribution >= 0.6 is 0 Å². The van der Waals surface area contributed by atoms with Gasteiger partial charge in [0.1, 0.15) is 0 Å². The van der Waals surface area contributed by atoms with E-state index in [4.69, 9.17) is 4.55 Å². The van der Waals surface area contributed by atoms with Crippen LogP contribution < -0.4 is 5.36 Å². The average molecular weight is 413 g/mol. The van der Waals surface area contributed by atoms with Gasteiger partial charge < -0.3 is 4.98 Å². The largest absolute Gasteiger partial charge is 0.351 e. The molecule has 0 aliphatic carbocycles. The first-order chi connectivity index (χ1) is 13.3. The van der Waals surface area contributed by atoms with Crippen LogP contribution in [-0.2, 0) is 21.4 Å². The van der Waals surface area contributed by atoms with E-state index in [1.807, 2.05) is 6.07 Å². The number of rotatable bonds is 2. The predicted octanol–water partition coefficient (Wildman–Crippen LogP) is 2.74. The number of hydrogen-bond donors (Lipinski definition) is 3. The number of H-pyrrole nitrogens is 1. The van der Waals surface area contributed by atoms with Crippen LogP contribution in [0.2, 0.25) is 0 Å². The number of aromatic nitrogens is 2. The molecular weight excluding hydrogens is 402 g/mol. The van der Waals surface area contributed by atoms with E-state index in [0.29, 0.717) is 38.2 Å². The van der Waals surface area contributed by atoms with E-state index in [9.17, 15) is 17.2 Å². The monoisotopic (exact) mass is 413 g/mol. The lowest BCUT2D eigenvalue weighted by molar-refractivity contribution is 0.483. The second-order valence-corrected chi connectivity index (χ2v) is 8.40. The predicted molar refractivity (Wildman–Crippen MR) is 106 cm³/mol. The molecule has 28 heavy (non-hydrogen) atoms. The van der Waals surface area contributed by atoms with Crippen LogP contribution in [0.4, 0.5) is 0 Å². The smallest absolute Gasteiger partial charge is 0.294 e. The Balaban J connectivity index is 1.97. The van der Waals surface area contributed by atoms with Crippen molar-refractivity contribution < 1.29 is 21.7 Å². The molecule has 0 fully saturated rings. The van der Waals surface area contributed by atoms with E-state index in [1.54, 1.807) is 30.3 Å². The van der Waals surface area contributed by atoms with Crippen LogP contribution in [0.25, 0.3) is 43.6 Å². The fraction of sp³-hybridized carbons (Fsp3) is 0. The van der Waals surface area contributed by atoms with Crippen LogP contribution in [0.5, 0.6) is 0 Å². The zero-order chi connectivity index (χ0) is 19.6. The summed E-state index contributed by atoms with van der Waals surface area (Å²) in [7, 11) is -4.37. The molecule has 0 bridgehead atoms. The minimum absolute atomic E-state index is 0.193. The third-order valence-corrected chi connectivity index (χ3v) is 5.86. The molecule has 140 valence electrons. The van der Waals surface area contributed by atoms with Gasteiger partial charge in [0, 0.05) is 16.2 Å². The van der Waals surface area contributed by atoms with E-state index < -0.39 is 21.4 Å². The molecule has 10 heteroatoms. The SMILES string of the molecule is O=S(O)N=c1ccc2nc3c4cc(S(=O)(=O)O)cc5cccc(c3[nH]c2c1)c54. The van der Waals surface area contributed by atoms with Crippen LogP contribution in [0, 0.1) is 0 Å². The van der Waals surface area contributed by atoms with Gasteiger partial charge in [0.15, 0.2) is 0 Å². The molecule has 0 spiro atoms. The third kappa shape index (κ3) is 2.58. The highest BCUT2D eigenvalue weighted by Gasteiger charge is 2.18. The average Bonchev–Trinajstić information content (AvgIpc) is 2.94. The van der Waals surface area contributed by atoms with Gasteiger partial charge in [0.2, 0.25) is 0 Å². The summed E-state index contributed by atoms with van der Waals surface area (Å²) in [6, 6.07) is 13.1. The minimum Gasteiger partial charge on any atom is -0.351 e. The Morgan fingerprint density at radius 3 is 2.64 bits per heavy atom. The Bertz CT molecular complexity index is 1620. The maximum absolute atomic E-state index is 11.7. The van der Waals surface area contributed by atoms with E-state index in [1.165, 1.54) is 12.1 Å². The Labute approximate surface area is 160 Å². The Kier molecular flexibility index (Phi) is 3.55. The molecule has 8 nitrogen and oxygen atoms in total. The standard InChI is InChI=1S/C18H11N3O5S2/c22-27(23)21-10-4-5-14-15(7-10)20-17-12-3-1-2-9-6-11(28(24,25)26)8-13(16(9)12)18(17)19-14/h1-8,20H,(H,22,23)(H,24,25,26). The summed E-state index contributed by atoms with van der Waals surface area (Å²) in [4.78, 5) is 7.73. The summed E-state index contributed by atoms with van der Waals surface area (Å²) in [5.41, 5.74) is 2.47. The maximum Gasteiger partial charge on any atom is 0.294 e. The molecular formula is C18H11N3O5S2. The van der Waals surface area contributed by atoms with Gasteiger partial charge in [-0.05, 0) is 35.7 Å². The molecule has 1 heterocycles. The quantitative estimate of drug-likeness (QED) is 0.301. The third-order valence-electron chi connectivity index (χ3n) is 4.67. The summed E-state index contributed by atoms with van der Waals surface area (Å²) >= 11 is -2.32. The van der Waals surface area contributed by atoms with Crippen molar-refractivity contribution in [1.29, 1.82) is 0 Å². The van der Waals surface area contributed by atoms with E-state index in [-0.39, 0.29) is 4.90 Å². The summed E-state index contributed by atoms with van der Waals surface area (Å²) < 4.78 is 56.4. The van der Waals surface area contributed by atoms with Crippen LogP contribution in [0.3, 0.4) is 0 Å². The van der Waals surface area contributed by atoms with Crippen molar-refractivity contribution in [3.05, 3.63) is 53.9 Å². The highest BCUT2D eigenvalue weighted by molar-refractivity contribution is 7.85. The van der Waals surface area contributed by atoms with Gasteiger partial charge >= 0.3 is 0 Å². The highest BCUT2D eigenvalue weighted by Crippen LogP contribution is 2.38. The topological polar surface area (TPSA) is 133 Å². The first kappa shape index (κ1) is 17.2. The first-order valence-corrected chi connectivity index (χ1v) is 10.6. The second kappa shape index (κ2) is 5.79. The van der Waals surface area contributed by atoms with E-state index in [2.05, 4.69) is 14.4 Å². The van der Waals surface area contributed by atoms with Gasteiger partial charge in [-0.2, -0.15) is 12.8 Å². The lowest BCUT2D eigenvalue weighted by Crippen LogP contribution is -2.02. The molecule has 0 aliphatic heterocycles.